The zero-order valence-corrected chi connectivity index (χ0v) is 21.8. The molecule has 0 amide bonds. The first kappa shape index (κ1) is 28.3. The van der Waals surface area contributed by atoms with Crippen molar-refractivity contribution in [3.8, 4) is 10.6 Å². The van der Waals surface area contributed by atoms with E-state index in [0.717, 1.165) is 16.7 Å². The lowest BCUT2D eigenvalue weighted by atomic mass is 9.76. The van der Waals surface area contributed by atoms with Gasteiger partial charge in [-0.1, -0.05) is 13.8 Å². The van der Waals surface area contributed by atoms with Crippen LogP contribution in [0.4, 0.5) is 13.2 Å². The Morgan fingerprint density at radius 3 is 2.11 bits per heavy atom. The predicted molar refractivity (Wildman–Crippen MR) is 126 cm³/mol. The first-order valence-corrected chi connectivity index (χ1v) is 11.6. The average molecular weight is 543 g/mol. The van der Waals surface area contributed by atoms with Gasteiger partial charge in [0.25, 0.3) is 0 Å². The summed E-state index contributed by atoms with van der Waals surface area (Å²) in [5.41, 5.74) is 0.249. The van der Waals surface area contributed by atoms with Gasteiger partial charge in [-0.15, -0.1) is 11.3 Å². The number of carbonyl (C=O) groups excluding carboxylic acids is 2. The Balaban J connectivity index is 0.000000206. The molecule has 1 saturated heterocycles. The van der Waals surface area contributed by atoms with Crippen LogP contribution in [0, 0.1) is 5.41 Å². The molecule has 0 unspecified atom stereocenters. The third-order valence-electron chi connectivity index (χ3n) is 5.19. The van der Waals surface area contributed by atoms with Crippen molar-refractivity contribution in [1.82, 2.24) is 24.5 Å². The molecule has 37 heavy (non-hydrogen) atoms. The fraction of sp³-hybridized carbons (Fsp3) is 0.476. The minimum absolute atomic E-state index is 0.00978. The van der Waals surface area contributed by atoms with Crippen molar-refractivity contribution < 1.29 is 41.5 Å². The van der Waals surface area contributed by atoms with Crippen molar-refractivity contribution in [2.75, 3.05) is 27.4 Å². The number of thiazole rings is 1. The van der Waals surface area contributed by atoms with E-state index in [1.54, 1.807) is 13.2 Å². The van der Waals surface area contributed by atoms with Crippen LogP contribution in [0.2, 0.25) is 0 Å². The molecule has 0 aliphatic carbocycles. The Bertz CT molecular complexity index is 1260. The summed E-state index contributed by atoms with van der Waals surface area (Å²) >= 11 is 0.793. The van der Waals surface area contributed by atoms with Gasteiger partial charge in [0.1, 0.15) is 10.7 Å². The quantitative estimate of drug-likeness (QED) is 0.361. The molecule has 1 aliphatic heterocycles. The van der Waals surface area contributed by atoms with Crippen molar-refractivity contribution in [2.24, 2.45) is 19.5 Å². The van der Waals surface area contributed by atoms with Crippen LogP contribution in [-0.2, 0) is 39.1 Å². The van der Waals surface area contributed by atoms with Gasteiger partial charge in [-0.3, -0.25) is 9.36 Å². The van der Waals surface area contributed by atoms with Crippen molar-refractivity contribution >= 4 is 35.9 Å². The largest absolute Gasteiger partial charge is 0.498 e. The van der Waals surface area contributed by atoms with Crippen LogP contribution >= 0.6 is 11.3 Å². The van der Waals surface area contributed by atoms with Crippen molar-refractivity contribution in [2.45, 2.75) is 20.0 Å². The highest BCUT2D eigenvalue weighted by Gasteiger charge is 2.38. The zero-order chi connectivity index (χ0) is 27.5. The van der Waals surface area contributed by atoms with Gasteiger partial charge in [0.05, 0.1) is 26.0 Å². The molecule has 3 aromatic heterocycles. The highest BCUT2D eigenvalue weighted by atomic mass is 32.1. The lowest BCUT2D eigenvalue weighted by Gasteiger charge is -2.32. The highest BCUT2D eigenvalue weighted by Crippen LogP contribution is 2.34. The van der Waals surface area contributed by atoms with E-state index in [1.165, 1.54) is 36.8 Å². The summed E-state index contributed by atoms with van der Waals surface area (Å²) in [5.74, 6) is -1.12. The second-order valence-electron chi connectivity index (χ2n) is 8.74. The molecule has 0 N–H and O–H groups in total. The topological polar surface area (TPSA) is 120 Å². The van der Waals surface area contributed by atoms with Crippen LogP contribution in [0.5, 0.6) is 0 Å². The molecule has 0 radical (unpaired) electrons. The number of aromatic nitrogens is 5. The molecule has 1 aliphatic rings. The van der Waals surface area contributed by atoms with Gasteiger partial charge in [0.15, 0.2) is 11.4 Å². The lowest BCUT2D eigenvalue weighted by molar-refractivity contribution is -0.140. The normalized spacial score (nSPS) is 15.1. The van der Waals surface area contributed by atoms with Crippen molar-refractivity contribution in [3.63, 3.8) is 0 Å². The number of ether oxygens (including phenoxy) is 2. The smallest absolute Gasteiger partial charge is 0.464 e. The number of aryl methyl sites for hydroxylation is 2. The lowest BCUT2D eigenvalue weighted by Crippen LogP contribution is -2.48. The summed E-state index contributed by atoms with van der Waals surface area (Å²) in [7, 11) is 5.14. The second kappa shape index (κ2) is 11.0. The molecular weight excluding hydrogens is 518 g/mol. The number of methoxy groups -OCH3 is 2. The van der Waals surface area contributed by atoms with E-state index >= 15 is 0 Å². The van der Waals surface area contributed by atoms with E-state index in [4.69, 9.17) is 14.0 Å². The Hall–Kier alpha value is -3.24. The van der Waals surface area contributed by atoms with Crippen molar-refractivity contribution in [1.29, 1.82) is 0 Å². The van der Waals surface area contributed by atoms with Crippen molar-refractivity contribution in [3.05, 3.63) is 34.9 Å². The predicted octanol–water partition coefficient (Wildman–Crippen LogP) is 2.32. The maximum Gasteiger partial charge on any atom is 0.498 e. The van der Waals surface area contributed by atoms with Crippen LogP contribution in [0.15, 0.2) is 17.8 Å². The van der Waals surface area contributed by atoms with Crippen LogP contribution < -0.4 is 5.46 Å². The van der Waals surface area contributed by atoms with Gasteiger partial charge in [-0.05, 0) is 0 Å². The molecular formula is C21H25BF3N5O6S. The van der Waals surface area contributed by atoms with Crippen LogP contribution in [-0.4, -0.2) is 71.0 Å². The van der Waals surface area contributed by atoms with Gasteiger partial charge >= 0.3 is 25.2 Å². The van der Waals surface area contributed by atoms with Gasteiger partial charge in [0.2, 0.25) is 0 Å². The summed E-state index contributed by atoms with van der Waals surface area (Å²) in [6.45, 7) is 5.28. The maximum absolute atomic E-state index is 12.5. The third kappa shape index (κ3) is 6.37. The van der Waals surface area contributed by atoms with Gasteiger partial charge < -0.3 is 18.8 Å². The fourth-order valence-corrected chi connectivity index (χ4v) is 4.14. The number of alkyl halides is 3. The van der Waals surface area contributed by atoms with E-state index in [2.05, 4.69) is 33.8 Å². The summed E-state index contributed by atoms with van der Waals surface area (Å²) in [6, 6.07) is 0. The maximum atomic E-state index is 12.5. The molecule has 16 heteroatoms. The number of hydrogen-bond donors (Lipinski definition) is 0. The molecule has 11 nitrogen and oxygen atoms in total. The van der Waals surface area contributed by atoms with E-state index in [0.29, 0.717) is 24.4 Å². The Labute approximate surface area is 214 Å². The SMILES string of the molecule is COC(=O)c1c(-c2nc(C(F)(F)F)cs2)cnn1C.COC(=O)c1c(B2OCC(C)(C)CO2)cnn1C. The van der Waals surface area contributed by atoms with E-state index in [9.17, 15) is 22.8 Å². The van der Waals surface area contributed by atoms with E-state index in [-0.39, 0.29) is 21.7 Å². The standard InChI is InChI=1S/C11H17BN2O4.C10H8F3N3O2S/c1-11(2)6-17-12(18-7-11)8-5-13-14(3)9(8)10(15)16-4;1-16-7(9(17)18-2)5(3-14-16)8-15-6(4-19-8)10(11,12)13/h5H,6-7H2,1-4H3;3-4H,1-2H3. The zero-order valence-electron chi connectivity index (χ0n) is 21.0. The minimum Gasteiger partial charge on any atom is -0.464 e. The van der Waals surface area contributed by atoms with Gasteiger partial charge in [-0.25, -0.2) is 14.6 Å². The summed E-state index contributed by atoms with van der Waals surface area (Å²) < 4.78 is 60.7. The summed E-state index contributed by atoms with van der Waals surface area (Å²) in [5, 5.41) is 8.85. The first-order chi connectivity index (χ1) is 17.3. The molecule has 0 atom stereocenters. The number of hydrogen-bond acceptors (Lipinski definition) is 10. The van der Waals surface area contributed by atoms with E-state index < -0.39 is 30.9 Å². The number of carbonyl (C=O) groups is 2. The number of esters is 2. The van der Waals surface area contributed by atoms with Crippen LogP contribution in [0.3, 0.4) is 0 Å². The van der Waals surface area contributed by atoms with Gasteiger partial charge in [-0.2, -0.15) is 23.4 Å². The van der Waals surface area contributed by atoms with E-state index in [1.807, 2.05) is 0 Å². The average Bonchev–Trinajstić information content (AvgIpc) is 3.57. The van der Waals surface area contributed by atoms with Crippen LogP contribution in [0.1, 0.15) is 40.5 Å². The Kier molecular flexibility index (Phi) is 8.44. The number of rotatable bonds is 4. The third-order valence-corrected chi connectivity index (χ3v) is 6.07. The monoisotopic (exact) mass is 543 g/mol. The molecule has 4 heterocycles. The molecule has 3 aromatic rings. The van der Waals surface area contributed by atoms with Gasteiger partial charge in [0, 0.05) is 49.8 Å². The Morgan fingerprint density at radius 1 is 1.03 bits per heavy atom. The molecule has 0 spiro atoms. The molecule has 4 rings (SSSR count). The molecule has 200 valence electrons. The number of nitrogens with zero attached hydrogens (tertiary/aromatic N) is 5. The highest BCUT2D eigenvalue weighted by molar-refractivity contribution is 7.13. The molecule has 0 saturated carbocycles. The first-order valence-electron chi connectivity index (χ1n) is 10.8. The summed E-state index contributed by atoms with van der Waals surface area (Å²) in [6.07, 6.45) is -1.65. The second-order valence-corrected chi connectivity index (χ2v) is 9.60. The minimum atomic E-state index is -4.51. The summed E-state index contributed by atoms with van der Waals surface area (Å²) in [4.78, 5) is 26.7. The number of halogens is 3. The Morgan fingerprint density at radius 2 is 1.57 bits per heavy atom. The molecule has 0 aromatic carbocycles. The molecule has 0 bridgehead atoms. The molecule has 1 fully saturated rings. The van der Waals surface area contributed by atoms with Crippen LogP contribution in [0.25, 0.3) is 10.6 Å². The fourth-order valence-electron chi connectivity index (χ4n) is 3.31.